The highest BCUT2D eigenvalue weighted by Gasteiger charge is 2.17. The number of likely N-dealkylation sites (N-methyl/N-ethyl adjacent to an activating group) is 1. The molecule has 0 aromatic heterocycles. The van der Waals surface area contributed by atoms with E-state index in [2.05, 4.69) is 27.6 Å². The van der Waals surface area contributed by atoms with Gasteiger partial charge >= 0.3 is 0 Å². The van der Waals surface area contributed by atoms with Crippen LogP contribution < -0.4 is 10.6 Å². The highest BCUT2D eigenvalue weighted by Crippen LogP contribution is 2.21. The summed E-state index contributed by atoms with van der Waals surface area (Å²) in [6.07, 6.45) is 7.94. The first-order valence-corrected chi connectivity index (χ1v) is 8.50. The average molecular weight is 298 g/mol. The largest absolute Gasteiger partial charge is 0.382 e. The Kier molecular flexibility index (Phi) is 10.3. The summed E-state index contributed by atoms with van der Waals surface area (Å²) in [7, 11) is 4.07. The number of hydrogen-bond donors (Lipinski definition) is 2. The Balaban J connectivity index is 2.08. The van der Waals surface area contributed by atoms with E-state index >= 15 is 0 Å². The fourth-order valence-corrected chi connectivity index (χ4v) is 2.80. The summed E-state index contributed by atoms with van der Waals surface area (Å²) in [5.74, 6) is 0.892. The molecule has 0 aliphatic heterocycles. The van der Waals surface area contributed by atoms with Crippen molar-refractivity contribution < 1.29 is 4.74 Å². The van der Waals surface area contributed by atoms with E-state index in [1.165, 1.54) is 32.1 Å². The third-order valence-corrected chi connectivity index (χ3v) is 4.14. The van der Waals surface area contributed by atoms with Crippen LogP contribution in [0.15, 0.2) is 4.99 Å². The summed E-state index contributed by atoms with van der Waals surface area (Å²) < 4.78 is 5.32. The van der Waals surface area contributed by atoms with Crippen molar-refractivity contribution in [2.24, 2.45) is 4.99 Å². The van der Waals surface area contributed by atoms with E-state index in [0.29, 0.717) is 0 Å². The van der Waals surface area contributed by atoms with E-state index in [-0.39, 0.29) is 0 Å². The maximum absolute atomic E-state index is 5.32. The summed E-state index contributed by atoms with van der Waals surface area (Å²) in [6.45, 7) is 6.54. The lowest BCUT2D eigenvalue weighted by Crippen LogP contribution is -2.43. The second-order valence-corrected chi connectivity index (χ2v) is 5.75. The van der Waals surface area contributed by atoms with Gasteiger partial charge < -0.3 is 20.3 Å². The number of ether oxygens (including phenoxy) is 1. The number of hydrogen-bond acceptors (Lipinski definition) is 3. The van der Waals surface area contributed by atoms with Crippen molar-refractivity contribution >= 4 is 5.96 Å². The molecule has 0 aromatic carbocycles. The number of rotatable bonds is 9. The van der Waals surface area contributed by atoms with E-state index in [9.17, 15) is 0 Å². The SMILES string of the molecule is CCOCCCNC(=NC)NCCN(C)C1CCCCC1. The zero-order valence-corrected chi connectivity index (χ0v) is 14.2. The zero-order valence-electron chi connectivity index (χ0n) is 14.2. The number of nitrogens with one attached hydrogen (secondary N) is 2. The molecule has 0 radical (unpaired) electrons. The van der Waals surface area contributed by atoms with E-state index in [0.717, 1.165) is 51.3 Å². The van der Waals surface area contributed by atoms with E-state index < -0.39 is 0 Å². The molecule has 5 heteroatoms. The van der Waals surface area contributed by atoms with Gasteiger partial charge in [-0.3, -0.25) is 4.99 Å². The Labute approximate surface area is 130 Å². The van der Waals surface area contributed by atoms with Gasteiger partial charge in [-0.05, 0) is 33.2 Å². The van der Waals surface area contributed by atoms with Gasteiger partial charge in [-0.25, -0.2) is 0 Å². The minimum absolute atomic E-state index is 0.779. The van der Waals surface area contributed by atoms with Crippen LogP contribution in [0, 0.1) is 0 Å². The summed E-state index contributed by atoms with van der Waals surface area (Å²) in [4.78, 5) is 6.74. The average Bonchev–Trinajstić information content (AvgIpc) is 2.53. The predicted octanol–water partition coefficient (Wildman–Crippen LogP) is 1.84. The number of guanidine groups is 1. The predicted molar refractivity (Wildman–Crippen MR) is 90.0 cm³/mol. The molecule has 0 spiro atoms. The first-order chi connectivity index (χ1) is 10.3. The van der Waals surface area contributed by atoms with Crippen LogP contribution in [-0.4, -0.2) is 63.8 Å². The fraction of sp³-hybridized carbons (Fsp3) is 0.938. The third kappa shape index (κ3) is 8.27. The van der Waals surface area contributed by atoms with Crippen molar-refractivity contribution in [1.29, 1.82) is 0 Å². The molecule has 0 heterocycles. The van der Waals surface area contributed by atoms with E-state index in [1.807, 2.05) is 14.0 Å². The van der Waals surface area contributed by atoms with Gasteiger partial charge in [-0.2, -0.15) is 0 Å². The van der Waals surface area contributed by atoms with Crippen molar-refractivity contribution in [3.63, 3.8) is 0 Å². The second kappa shape index (κ2) is 11.8. The Morgan fingerprint density at radius 3 is 2.57 bits per heavy atom. The van der Waals surface area contributed by atoms with Crippen LogP contribution in [0.3, 0.4) is 0 Å². The first kappa shape index (κ1) is 18.2. The van der Waals surface area contributed by atoms with Gasteiger partial charge in [-0.15, -0.1) is 0 Å². The molecule has 21 heavy (non-hydrogen) atoms. The molecule has 2 N–H and O–H groups in total. The van der Waals surface area contributed by atoms with Gasteiger partial charge in [0.05, 0.1) is 0 Å². The standard InChI is InChI=1S/C16H34N4O/c1-4-21-14-8-11-18-16(17-2)19-12-13-20(3)15-9-6-5-7-10-15/h15H,4-14H2,1-3H3,(H2,17,18,19). The Morgan fingerprint density at radius 2 is 1.90 bits per heavy atom. The molecule has 0 aromatic rings. The van der Waals surface area contributed by atoms with Crippen molar-refractivity contribution in [2.45, 2.75) is 51.5 Å². The summed E-state index contributed by atoms with van der Waals surface area (Å²) in [6, 6.07) is 0.779. The highest BCUT2D eigenvalue weighted by molar-refractivity contribution is 5.79. The van der Waals surface area contributed by atoms with Gasteiger partial charge in [0.1, 0.15) is 0 Å². The Morgan fingerprint density at radius 1 is 1.19 bits per heavy atom. The third-order valence-electron chi connectivity index (χ3n) is 4.14. The highest BCUT2D eigenvalue weighted by atomic mass is 16.5. The molecule has 124 valence electrons. The van der Waals surface area contributed by atoms with Crippen LogP contribution in [-0.2, 0) is 4.74 Å². The zero-order chi connectivity index (χ0) is 15.3. The lowest BCUT2D eigenvalue weighted by atomic mass is 9.94. The molecule has 5 nitrogen and oxygen atoms in total. The molecule has 1 aliphatic rings. The Bertz CT molecular complexity index is 277. The van der Waals surface area contributed by atoms with Crippen LogP contribution in [0.2, 0.25) is 0 Å². The lowest BCUT2D eigenvalue weighted by molar-refractivity contribution is 0.145. The number of aliphatic imine (C=N–C) groups is 1. The molecule has 1 rings (SSSR count). The monoisotopic (exact) mass is 298 g/mol. The Hall–Kier alpha value is -0.810. The smallest absolute Gasteiger partial charge is 0.191 e. The number of nitrogens with zero attached hydrogens (tertiary/aromatic N) is 2. The first-order valence-electron chi connectivity index (χ1n) is 8.50. The second-order valence-electron chi connectivity index (χ2n) is 5.75. The summed E-state index contributed by atoms with van der Waals surface area (Å²) >= 11 is 0. The molecule has 1 saturated carbocycles. The van der Waals surface area contributed by atoms with Gasteiger partial charge in [0.25, 0.3) is 0 Å². The van der Waals surface area contributed by atoms with Gasteiger partial charge in [-0.1, -0.05) is 19.3 Å². The van der Waals surface area contributed by atoms with E-state index in [1.54, 1.807) is 0 Å². The minimum Gasteiger partial charge on any atom is -0.382 e. The summed E-state index contributed by atoms with van der Waals surface area (Å²) in [5.41, 5.74) is 0. The summed E-state index contributed by atoms with van der Waals surface area (Å²) in [5, 5.41) is 6.71. The van der Waals surface area contributed by atoms with Crippen LogP contribution in [0.25, 0.3) is 0 Å². The lowest BCUT2D eigenvalue weighted by Gasteiger charge is -2.31. The van der Waals surface area contributed by atoms with Crippen LogP contribution >= 0.6 is 0 Å². The topological polar surface area (TPSA) is 48.9 Å². The molecule has 1 fully saturated rings. The molecular formula is C16H34N4O. The molecular weight excluding hydrogens is 264 g/mol. The van der Waals surface area contributed by atoms with Crippen molar-refractivity contribution in [3.8, 4) is 0 Å². The van der Waals surface area contributed by atoms with Crippen molar-refractivity contribution in [3.05, 3.63) is 0 Å². The van der Waals surface area contributed by atoms with Gasteiger partial charge in [0, 0.05) is 45.9 Å². The molecule has 0 amide bonds. The molecule has 0 bridgehead atoms. The molecule has 0 saturated heterocycles. The van der Waals surface area contributed by atoms with Crippen LogP contribution in [0.4, 0.5) is 0 Å². The fourth-order valence-electron chi connectivity index (χ4n) is 2.80. The minimum atomic E-state index is 0.779. The quantitative estimate of drug-likeness (QED) is 0.387. The maximum atomic E-state index is 5.32. The van der Waals surface area contributed by atoms with Gasteiger partial charge in [0.2, 0.25) is 0 Å². The normalized spacial score (nSPS) is 17.2. The van der Waals surface area contributed by atoms with Crippen molar-refractivity contribution in [2.75, 3.05) is 46.9 Å². The maximum Gasteiger partial charge on any atom is 0.191 e. The molecule has 0 atom stereocenters. The van der Waals surface area contributed by atoms with Crippen LogP contribution in [0.5, 0.6) is 0 Å². The van der Waals surface area contributed by atoms with E-state index in [4.69, 9.17) is 4.74 Å². The van der Waals surface area contributed by atoms with Crippen molar-refractivity contribution in [1.82, 2.24) is 15.5 Å². The van der Waals surface area contributed by atoms with Crippen LogP contribution in [0.1, 0.15) is 45.4 Å². The molecule has 0 unspecified atom stereocenters. The van der Waals surface area contributed by atoms with Gasteiger partial charge in [0.15, 0.2) is 5.96 Å². The molecule has 1 aliphatic carbocycles.